The smallest absolute Gasteiger partial charge is 0.302 e. The first-order valence-corrected chi connectivity index (χ1v) is 5.74. The number of H-pyrrole nitrogens is 2. The van der Waals surface area contributed by atoms with Gasteiger partial charge in [-0.2, -0.15) is 0 Å². The first-order valence-electron chi connectivity index (χ1n) is 5.34. The van der Waals surface area contributed by atoms with E-state index in [9.17, 15) is 4.79 Å². The molecule has 15 heavy (non-hydrogen) atoms. The fraction of sp³-hybridized carbons (Fsp3) is 0.778. The molecule has 0 saturated carbocycles. The maximum absolute atomic E-state index is 11.5. The highest BCUT2D eigenvalue weighted by Crippen LogP contribution is 2.19. The molecule has 0 radical (unpaired) electrons. The Morgan fingerprint density at radius 3 is 2.93 bits per heavy atom. The number of nitrogens with one attached hydrogen (secondary N) is 2. The molecule has 1 aliphatic heterocycles. The lowest BCUT2D eigenvalue weighted by Crippen LogP contribution is -2.39. The molecule has 6 heteroatoms. The number of aromatic nitrogens is 3. The molecule has 2 heterocycles. The van der Waals surface area contributed by atoms with Crippen LogP contribution < -0.4 is 5.69 Å². The van der Waals surface area contributed by atoms with E-state index in [1.807, 2.05) is 0 Å². The van der Waals surface area contributed by atoms with E-state index in [0.29, 0.717) is 4.77 Å². The molecule has 1 aromatic rings. The van der Waals surface area contributed by atoms with Gasteiger partial charge in [0.05, 0.1) is 6.04 Å². The Morgan fingerprint density at radius 1 is 1.53 bits per heavy atom. The number of rotatable bonds is 2. The second kappa shape index (κ2) is 4.32. The minimum absolute atomic E-state index is 0.122. The van der Waals surface area contributed by atoms with Gasteiger partial charge >= 0.3 is 5.69 Å². The fourth-order valence-corrected chi connectivity index (χ4v) is 2.46. The van der Waals surface area contributed by atoms with Gasteiger partial charge in [0, 0.05) is 6.54 Å². The van der Waals surface area contributed by atoms with Gasteiger partial charge in [0.15, 0.2) is 4.77 Å². The van der Waals surface area contributed by atoms with Crippen molar-refractivity contribution in [1.82, 2.24) is 19.7 Å². The number of likely N-dealkylation sites (N-methyl/N-ethyl adjacent to an activating group) is 1. The van der Waals surface area contributed by atoms with Crippen molar-refractivity contribution in [3.63, 3.8) is 0 Å². The third kappa shape index (κ3) is 2.05. The van der Waals surface area contributed by atoms with Crippen LogP contribution in [0.15, 0.2) is 4.79 Å². The van der Waals surface area contributed by atoms with Crippen LogP contribution in [0.2, 0.25) is 0 Å². The summed E-state index contributed by atoms with van der Waals surface area (Å²) in [6, 6.07) is 0.223. The number of hydrogen-bond acceptors (Lipinski definition) is 3. The van der Waals surface area contributed by atoms with Gasteiger partial charge in [-0.1, -0.05) is 6.92 Å². The van der Waals surface area contributed by atoms with Crippen LogP contribution >= 0.6 is 12.2 Å². The van der Waals surface area contributed by atoms with Crippen LogP contribution in [0.3, 0.4) is 0 Å². The van der Waals surface area contributed by atoms with Gasteiger partial charge in [0.25, 0.3) is 0 Å². The minimum atomic E-state index is -0.122. The van der Waals surface area contributed by atoms with Crippen LogP contribution in [0.25, 0.3) is 0 Å². The number of hydrogen-bond donors (Lipinski definition) is 2. The molecule has 0 aliphatic carbocycles. The highest BCUT2D eigenvalue weighted by Gasteiger charge is 2.22. The van der Waals surface area contributed by atoms with Crippen molar-refractivity contribution in [3.05, 3.63) is 15.3 Å². The Labute approximate surface area is 93.1 Å². The summed E-state index contributed by atoms with van der Waals surface area (Å²) in [7, 11) is 0. The van der Waals surface area contributed by atoms with Crippen molar-refractivity contribution in [2.24, 2.45) is 0 Å². The van der Waals surface area contributed by atoms with Crippen molar-refractivity contribution < 1.29 is 0 Å². The topological polar surface area (TPSA) is 56.8 Å². The van der Waals surface area contributed by atoms with Crippen molar-refractivity contribution >= 4 is 12.2 Å². The second-order valence-corrected chi connectivity index (χ2v) is 4.31. The first-order chi connectivity index (χ1) is 7.22. The van der Waals surface area contributed by atoms with Crippen molar-refractivity contribution in [3.8, 4) is 0 Å². The molecular formula is C9H16N4OS. The van der Waals surface area contributed by atoms with Gasteiger partial charge in [-0.05, 0) is 38.1 Å². The SMILES string of the molecule is CCN1CCCC(n2c(=O)[nH][nH]c2=S)C1. The average Bonchev–Trinajstić information content (AvgIpc) is 2.59. The number of nitrogens with zero attached hydrogens (tertiary/aromatic N) is 2. The van der Waals surface area contributed by atoms with E-state index in [0.717, 1.165) is 32.5 Å². The van der Waals surface area contributed by atoms with E-state index in [1.54, 1.807) is 4.57 Å². The number of aromatic amines is 2. The lowest BCUT2D eigenvalue weighted by atomic mass is 10.1. The molecule has 2 N–H and O–H groups in total. The monoisotopic (exact) mass is 228 g/mol. The Balaban J connectivity index is 2.24. The second-order valence-electron chi connectivity index (χ2n) is 3.92. The standard InChI is InChI=1S/C9H16N4OS/c1-2-12-5-3-4-7(6-12)13-8(14)10-11-9(13)15/h7H,2-6H2,1H3,(H,10,14)(H,11,15). The third-order valence-electron chi connectivity index (χ3n) is 3.01. The highest BCUT2D eigenvalue weighted by atomic mass is 32.1. The molecule has 0 bridgehead atoms. The van der Waals surface area contributed by atoms with E-state index in [2.05, 4.69) is 22.0 Å². The maximum atomic E-state index is 11.5. The third-order valence-corrected chi connectivity index (χ3v) is 3.31. The van der Waals surface area contributed by atoms with Crippen LogP contribution in [-0.4, -0.2) is 39.3 Å². The van der Waals surface area contributed by atoms with E-state index < -0.39 is 0 Å². The predicted molar refractivity (Wildman–Crippen MR) is 60.6 cm³/mol. The van der Waals surface area contributed by atoms with Crippen molar-refractivity contribution in [1.29, 1.82) is 0 Å². The summed E-state index contributed by atoms with van der Waals surface area (Å²) in [5.74, 6) is 0. The lowest BCUT2D eigenvalue weighted by Gasteiger charge is -2.31. The zero-order valence-electron chi connectivity index (χ0n) is 8.82. The van der Waals surface area contributed by atoms with Crippen LogP contribution in [0.1, 0.15) is 25.8 Å². The Hall–Kier alpha value is -0.880. The quantitative estimate of drug-likeness (QED) is 0.739. The summed E-state index contributed by atoms with van der Waals surface area (Å²) in [5.41, 5.74) is -0.122. The minimum Gasteiger partial charge on any atom is -0.302 e. The van der Waals surface area contributed by atoms with Gasteiger partial charge in [0.2, 0.25) is 0 Å². The molecule has 0 aromatic carbocycles. The molecule has 0 amide bonds. The normalized spacial score (nSPS) is 23.1. The Morgan fingerprint density at radius 2 is 2.33 bits per heavy atom. The average molecular weight is 228 g/mol. The summed E-state index contributed by atoms with van der Waals surface area (Å²) >= 11 is 5.09. The summed E-state index contributed by atoms with van der Waals surface area (Å²) in [6.07, 6.45) is 2.16. The molecule has 84 valence electrons. The predicted octanol–water partition coefficient (Wildman–Crippen LogP) is 0.891. The summed E-state index contributed by atoms with van der Waals surface area (Å²) in [4.78, 5) is 13.9. The first kappa shape index (κ1) is 10.6. The van der Waals surface area contributed by atoms with Crippen molar-refractivity contribution in [2.75, 3.05) is 19.6 Å². The Kier molecular flexibility index (Phi) is 3.06. The summed E-state index contributed by atoms with van der Waals surface area (Å²) in [6.45, 7) is 5.23. The molecule has 1 aromatic heterocycles. The van der Waals surface area contributed by atoms with Crippen LogP contribution in [-0.2, 0) is 0 Å². The van der Waals surface area contributed by atoms with E-state index in [1.165, 1.54) is 0 Å². The lowest BCUT2D eigenvalue weighted by molar-refractivity contribution is 0.182. The van der Waals surface area contributed by atoms with Gasteiger partial charge in [0.1, 0.15) is 0 Å². The molecule has 1 aliphatic rings. The summed E-state index contributed by atoms with van der Waals surface area (Å²) < 4.78 is 2.17. The van der Waals surface area contributed by atoms with Crippen LogP contribution in [0.4, 0.5) is 0 Å². The number of likely N-dealkylation sites (tertiary alicyclic amines) is 1. The maximum Gasteiger partial charge on any atom is 0.342 e. The molecular weight excluding hydrogens is 212 g/mol. The van der Waals surface area contributed by atoms with E-state index in [4.69, 9.17) is 12.2 Å². The molecule has 1 atom stereocenters. The fourth-order valence-electron chi connectivity index (χ4n) is 2.18. The Bertz CT molecular complexity index is 404. The zero-order chi connectivity index (χ0) is 10.8. The van der Waals surface area contributed by atoms with E-state index >= 15 is 0 Å². The molecule has 1 unspecified atom stereocenters. The molecule has 1 fully saturated rings. The molecule has 0 spiro atoms. The number of piperidine rings is 1. The summed E-state index contributed by atoms with van der Waals surface area (Å²) in [5, 5.41) is 5.22. The molecule has 2 rings (SSSR count). The highest BCUT2D eigenvalue weighted by molar-refractivity contribution is 7.71. The van der Waals surface area contributed by atoms with Gasteiger partial charge in [-0.25, -0.2) is 9.89 Å². The van der Waals surface area contributed by atoms with Gasteiger partial charge in [-0.15, -0.1) is 0 Å². The van der Waals surface area contributed by atoms with Gasteiger partial charge in [-0.3, -0.25) is 9.67 Å². The van der Waals surface area contributed by atoms with Crippen LogP contribution in [0, 0.1) is 4.77 Å². The van der Waals surface area contributed by atoms with Gasteiger partial charge < -0.3 is 4.90 Å². The largest absolute Gasteiger partial charge is 0.342 e. The molecule has 1 saturated heterocycles. The zero-order valence-corrected chi connectivity index (χ0v) is 9.64. The van der Waals surface area contributed by atoms with Crippen LogP contribution in [0.5, 0.6) is 0 Å². The molecule has 5 nitrogen and oxygen atoms in total. The van der Waals surface area contributed by atoms with Crippen molar-refractivity contribution in [2.45, 2.75) is 25.8 Å². The van der Waals surface area contributed by atoms with E-state index in [-0.39, 0.29) is 11.7 Å².